The van der Waals surface area contributed by atoms with Crippen molar-refractivity contribution in [1.82, 2.24) is 26.6 Å². The molecule has 1 heterocycles. The second-order valence-electron chi connectivity index (χ2n) is 12.1. The van der Waals surface area contributed by atoms with Gasteiger partial charge in [0.05, 0.1) is 13.2 Å². The summed E-state index contributed by atoms with van der Waals surface area (Å²) >= 11 is 0. The van der Waals surface area contributed by atoms with Gasteiger partial charge in [-0.1, -0.05) is 79.6 Å². The average Bonchev–Trinajstić information content (AvgIpc) is 3.00. The van der Waals surface area contributed by atoms with E-state index >= 15 is 0 Å². The normalized spacial score (nSPS) is 26.3. The van der Waals surface area contributed by atoms with Crippen LogP contribution >= 0.6 is 0 Å². The third kappa shape index (κ3) is 13.3. The van der Waals surface area contributed by atoms with E-state index in [-0.39, 0.29) is 6.42 Å². The minimum atomic E-state index is -1.57. The molecule has 1 fully saturated rings. The van der Waals surface area contributed by atoms with Crippen LogP contribution in [0, 0.1) is 11.8 Å². The zero-order valence-corrected chi connectivity index (χ0v) is 27.6. The highest BCUT2D eigenvalue weighted by Gasteiger charge is 2.38. The standard InChI is InChI=1S/C31H55N5O9/c1-7-9-10-11-12-13-14-15-23(39)34-26-20(6)45-31(44)25(19(5)8-2)36-29(42)24(18(3)4)35-28(41)22(17-38)32-27(40)21(16-37)33-30(26)43/h18-22,24-26,37-38H,7-17H2,1-6H3,(H,32,40)(H,33,43)(H,34,39)(H,35,41)(H,36,42)/t19-,20+,21+,22-,24+,25-,26-/m0/s1. The molecule has 7 N–H and O–H groups in total. The third-order valence-electron chi connectivity index (χ3n) is 8.02. The molecule has 1 saturated heterocycles. The zero-order valence-electron chi connectivity index (χ0n) is 27.6. The van der Waals surface area contributed by atoms with E-state index in [4.69, 9.17) is 4.74 Å². The Balaban J connectivity index is 3.35. The first kappa shape index (κ1) is 39.8. The Labute approximate surface area is 266 Å². The van der Waals surface area contributed by atoms with Crippen molar-refractivity contribution in [3.8, 4) is 0 Å². The summed E-state index contributed by atoms with van der Waals surface area (Å²) in [7, 11) is 0. The lowest BCUT2D eigenvalue weighted by molar-refractivity contribution is -0.157. The molecule has 258 valence electrons. The number of carbonyl (C=O) groups excluding carboxylic acids is 6. The fraction of sp³-hybridized carbons (Fsp3) is 0.806. The van der Waals surface area contributed by atoms with Gasteiger partial charge in [0.1, 0.15) is 36.3 Å². The van der Waals surface area contributed by atoms with Crippen LogP contribution in [0.1, 0.15) is 99.3 Å². The van der Waals surface area contributed by atoms with E-state index in [1.807, 2.05) is 6.92 Å². The molecule has 0 aromatic carbocycles. The van der Waals surface area contributed by atoms with Gasteiger partial charge in [0.15, 0.2) is 0 Å². The largest absolute Gasteiger partial charge is 0.458 e. The monoisotopic (exact) mass is 641 g/mol. The number of cyclic esters (lactones) is 1. The fourth-order valence-corrected chi connectivity index (χ4v) is 4.83. The first-order chi connectivity index (χ1) is 21.3. The van der Waals surface area contributed by atoms with Crippen molar-refractivity contribution in [2.24, 2.45) is 11.8 Å². The lowest BCUT2D eigenvalue weighted by Gasteiger charge is -2.31. The van der Waals surface area contributed by atoms with E-state index < -0.39 is 96.9 Å². The topological polar surface area (TPSA) is 212 Å². The Kier molecular flexibility index (Phi) is 18.3. The summed E-state index contributed by atoms with van der Waals surface area (Å²) in [5, 5.41) is 32.1. The Morgan fingerprint density at radius 1 is 0.756 bits per heavy atom. The SMILES string of the molecule is CCCCCCCCCC(=O)N[C@@H]1C(=O)N[C@H](CO)C(=O)N[C@@H](CO)C(=O)N[C@H](C(C)C)C(=O)N[C@@H]([C@@H](C)CC)C(=O)O[C@@H]1C. The van der Waals surface area contributed by atoms with E-state index in [0.717, 1.165) is 38.5 Å². The zero-order chi connectivity index (χ0) is 34.1. The number of nitrogens with one attached hydrogen (secondary N) is 5. The van der Waals surface area contributed by atoms with E-state index in [1.54, 1.807) is 20.8 Å². The van der Waals surface area contributed by atoms with Crippen molar-refractivity contribution in [2.75, 3.05) is 13.2 Å². The molecule has 0 bridgehead atoms. The number of carbonyl (C=O) groups is 6. The molecule has 1 aliphatic rings. The van der Waals surface area contributed by atoms with Gasteiger partial charge in [-0.2, -0.15) is 0 Å². The smallest absolute Gasteiger partial charge is 0.329 e. The first-order valence-corrected chi connectivity index (χ1v) is 16.2. The molecule has 0 aromatic heterocycles. The number of hydrogen-bond acceptors (Lipinski definition) is 9. The fourth-order valence-electron chi connectivity index (χ4n) is 4.83. The van der Waals surface area contributed by atoms with Crippen LogP contribution in [0.5, 0.6) is 0 Å². The molecular formula is C31H55N5O9. The lowest BCUT2D eigenvalue weighted by Crippen LogP contribution is -2.63. The predicted molar refractivity (Wildman–Crippen MR) is 166 cm³/mol. The van der Waals surface area contributed by atoms with Gasteiger partial charge < -0.3 is 41.5 Å². The van der Waals surface area contributed by atoms with E-state index in [0.29, 0.717) is 12.8 Å². The molecule has 0 spiro atoms. The average molecular weight is 642 g/mol. The van der Waals surface area contributed by atoms with Gasteiger partial charge in [0.25, 0.3) is 0 Å². The van der Waals surface area contributed by atoms with Crippen LogP contribution in [0.4, 0.5) is 0 Å². The van der Waals surface area contributed by atoms with Gasteiger partial charge in [0, 0.05) is 6.42 Å². The number of amides is 5. The molecule has 5 amide bonds. The molecular weight excluding hydrogens is 586 g/mol. The highest BCUT2D eigenvalue weighted by molar-refractivity contribution is 5.96. The van der Waals surface area contributed by atoms with Crippen LogP contribution in [0.15, 0.2) is 0 Å². The summed E-state index contributed by atoms with van der Waals surface area (Å²) < 4.78 is 5.63. The Hall–Kier alpha value is -3.26. The number of rotatable bonds is 14. The highest BCUT2D eigenvalue weighted by atomic mass is 16.5. The molecule has 0 radical (unpaired) electrons. The van der Waals surface area contributed by atoms with Crippen LogP contribution < -0.4 is 26.6 Å². The lowest BCUT2D eigenvalue weighted by atomic mass is 9.97. The first-order valence-electron chi connectivity index (χ1n) is 16.2. The molecule has 1 aliphatic heterocycles. The Bertz CT molecular complexity index is 992. The van der Waals surface area contributed by atoms with Gasteiger partial charge in [-0.25, -0.2) is 4.79 Å². The number of aliphatic hydroxyl groups is 2. The van der Waals surface area contributed by atoms with Crippen molar-refractivity contribution < 1.29 is 43.7 Å². The van der Waals surface area contributed by atoms with Crippen LogP contribution in [-0.2, 0) is 33.5 Å². The van der Waals surface area contributed by atoms with Crippen molar-refractivity contribution >= 4 is 35.5 Å². The quantitative estimate of drug-likeness (QED) is 0.102. The number of unbranched alkanes of at least 4 members (excludes halogenated alkanes) is 6. The van der Waals surface area contributed by atoms with Gasteiger partial charge in [-0.3, -0.25) is 24.0 Å². The summed E-state index contributed by atoms with van der Waals surface area (Å²) in [5.74, 6) is -5.65. The number of aliphatic hydroxyl groups excluding tert-OH is 2. The second kappa shape index (κ2) is 20.7. The molecule has 45 heavy (non-hydrogen) atoms. The number of esters is 1. The van der Waals surface area contributed by atoms with E-state index in [2.05, 4.69) is 33.5 Å². The van der Waals surface area contributed by atoms with Gasteiger partial charge in [-0.05, 0) is 25.2 Å². The maximum atomic E-state index is 13.4. The summed E-state index contributed by atoms with van der Waals surface area (Å²) in [6, 6.07) is -6.83. The molecule has 0 aromatic rings. The summed E-state index contributed by atoms with van der Waals surface area (Å²) in [4.78, 5) is 78.9. The van der Waals surface area contributed by atoms with Crippen LogP contribution in [0.3, 0.4) is 0 Å². The van der Waals surface area contributed by atoms with Gasteiger partial charge >= 0.3 is 5.97 Å². The van der Waals surface area contributed by atoms with Crippen molar-refractivity contribution in [3.05, 3.63) is 0 Å². The number of hydrogen-bond donors (Lipinski definition) is 7. The summed E-state index contributed by atoms with van der Waals surface area (Å²) in [6.45, 7) is 8.71. The molecule has 0 saturated carbocycles. The van der Waals surface area contributed by atoms with E-state index in [9.17, 15) is 39.0 Å². The molecule has 7 atom stereocenters. The number of ether oxygens (including phenoxy) is 1. The maximum absolute atomic E-state index is 13.4. The maximum Gasteiger partial charge on any atom is 0.329 e. The molecule has 14 heteroatoms. The van der Waals surface area contributed by atoms with Crippen LogP contribution in [0.25, 0.3) is 0 Å². The summed E-state index contributed by atoms with van der Waals surface area (Å²) in [6.07, 6.45) is 6.26. The Morgan fingerprint density at radius 3 is 1.80 bits per heavy atom. The molecule has 0 aliphatic carbocycles. The van der Waals surface area contributed by atoms with Gasteiger partial charge in [0.2, 0.25) is 29.5 Å². The molecule has 1 rings (SSSR count). The highest BCUT2D eigenvalue weighted by Crippen LogP contribution is 2.15. The third-order valence-corrected chi connectivity index (χ3v) is 8.02. The van der Waals surface area contributed by atoms with E-state index in [1.165, 1.54) is 6.92 Å². The molecule has 0 unspecified atom stereocenters. The van der Waals surface area contributed by atoms with Crippen molar-refractivity contribution in [2.45, 2.75) is 136 Å². The van der Waals surface area contributed by atoms with Crippen molar-refractivity contribution in [3.63, 3.8) is 0 Å². The summed E-state index contributed by atoms with van der Waals surface area (Å²) in [5.41, 5.74) is 0. The van der Waals surface area contributed by atoms with Gasteiger partial charge in [-0.15, -0.1) is 0 Å². The predicted octanol–water partition coefficient (Wildman–Crippen LogP) is 0.183. The Morgan fingerprint density at radius 2 is 1.27 bits per heavy atom. The minimum absolute atomic E-state index is 0.123. The van der Waals surface area contributed by atoms with Crippen LogP contribution in [0.2, 0.25) is 0 Å². The second-order valence-corrected chi connectivity index (χ2v) is 12.1. The van der Waals surface area contributed by atoms with Crippen LogP contribution in [-0.4, -0.2) is 95.2 Å². The molecule has 14 nitrogen and oxygen atoms in total. The van der Waals surface area contributed by atoms with Crippen molar-refractivity contribution in [1.29, 1.82) is 0 Å². The minimum Gasteiger partial charge on any atom is -0.458 e.